The molecule has 0 spiro atoms. The Labute approximate surface area is 80.3 Å². The second-order valence-electron chi connectivity index (χ2n) is 2.24. The minimum atomic E-state index is 0.574. The Morgan fingerprint density at radius 1 is 1.50 bits per heavy atom. The number of hydrogen-bond donors (Lipinski definition) is 0. The summed E-state index contributed by atoms with van der Waals surface area (Å²) in [5.41, 5.74) is 0. The molecule has 0 aromatic heterocycles. The topological polar surface area (TPSA) is 0 Å². The van der Waals surface area contributed by atoms with Crippen LogP contribution in [0.25, 0.3) is 0 Å². The SMILES string of the molecule is CCCCC(Br)/C=C/CBr. The van der Waals surface area contributed by atoms with Crippen molar-refractivity contribution in [3.05, 3.63) is 12.2 Å². The molecule has 0 amide bonds. The molecule has 0 radical (unpaired) electrons. The number of alkyl halides is 2. The lowest BCUT2D eigenvalue weighted by atomic mass is 10.2. The predicted molar refractivity (Wildman–Crippen MR) is 55.2 cm³/mol. The zero-order valence-electron chi connectivity index (χ0n) is 6.32. The fourth-order valence-electron chi connectivity index (χ4n) is 0.694. The van der Waals surface area contributed by atoms with Crippen molar-refractivity contribution in [2.24, 2.45) is 0 Å². The van der Waals surface area contributed by atoms with Gasteiger partial charge in [0.2, 0.25) is 0 Å². The molecule has 0 aromatic carbocycles. The molecule has 1 atom stereocenters. The van der Waals surface area contributed by atoms with Gasteiger partial charge >= 0.3 is 0 Å². The van der Waals surface area contributed by atoms with E-state index >= 15 is 0 Å². The van der Waals surface area contributed by atoms with E-state index in [4.69, 9.17) is 0 Å². The fraction of sp³-hybridized carbons (Fsp3) is 0.750. The molecule has 2 heteroatoms. The van der Waals surface area contributed by atoms with E-state index < -0.39 is 0 Å². The third-order valence-electron chi connectivity index (χ3n) is 1.27. The van der Waals surface area contributed by atoms with Crippen LogP contribution < -0.4 is 0 Å². The zero-order chi connectivity index (χ0) is 7.82. The van der Waals surface area contributed by atoms with Gasteiger partial charge in [-0.2, -0.15) is 0 Å². The summed E-state index contributed by atoms with van der Waals surface area (Å²) in [4.78, 5) is 0.574. The molecule has 0 nitrogen and oxygen atoms in total. The van der Waals surface area contributed by atoms with Crippen molar-refractivity contribution >= 4 is 31.9 Å². The molecule has 0 aliphatic carbocycles. The number of allylic oxidation sites excluding steroid dienone is 2. The average molecular weight is 270 g/mol. The van der Waals surface area contributed by atoms with Crippen molar-refractivity contribution < 1.29 is 0 Å². The van der Waals surface area contributed by atoms with Gasteiger partial charge in [-0.3, -0.25) is 0 Å². The highest BCUT2D eigenvalue weighted by atomic mass is 79.9. The highest BCUT2D eigenvalue weighted by Gasteiger charge is 1.95. The van der Waals surface area contributed by atoms with E-state index in [2.05, 4.69) is 50.9 Å². The van der Waals surface area contributed by atoms with Gasteiger partial charge in [-0.15, -0.1) is 0 Å². The summed E-state index contributed by atoms with van der Waals surface area (Å²) < 4.78 is 0. The summed E-state index contributed by atoms with van der Waals surface area (Å²) in [5.74, 6) is 0. The van der Waals surface area contributed by atoms with E-state index in [0.717, 1.165) is 5.33 Å². The van der Waals surface area contributed by atoms with Crippen molar-refractivity contribution in [3.63, 3.8) is 0 Å². The van der Waals surface area contributed by atoms with Crippen LogP contribution in [0.4, 0.5) is 0 Å². The number of rotatable bonds is 5. The van der Waals surface area contributed by atoms with Gasteiger partial charge in [-0.1, -0.05) is 63.8 Å². The lowest BCUT2D eigenvalue weighted by Crippen LogP contribution is -1.91. The maximum absolute atomic E-state index is 3.57. The number of unbranched alkanes of at least 4 members (excludes halogenated alkanes) is 1. The summed E-state index contributed by atoms with van der Waals surface area (Å²) in [6.45, 7) is 2.22. The highest BCUT2D eigenvalue weighted by molar-refractivity contribution is 9.09. The van der Waals surface area contributed by atoms with Crippen molar-refractivity contribution in [3.8, 4) is 0 Å². The van der Waals surface area contributed by atoms with E-state index in [1.165, 1.54) is 19.3 Å². The van der Waals surface area contributed by atoms with Gasteiger partial charge in [0.1, 0.15) is 0 Å². The third kappa shape index (κ3) is 6.81. The van der Waals surface area contributed by atoms with Crippen molar-refractivity contribution in [2.45, 2.75) is 31.0 Å². The maximum Gasteiger partial charge on any atom is 0.0325 e. The molecule has 0 N–H and O–H groups in total. The van der Waals surface area contributed by atoms with Gasteiger partial charge in [0.25, 0.3) is 0 Å². The molecule has 1 unspecified atom stereocenters. The first-order valence-electron chi connectivity index (χ1n) is 3.68. The van der Waals surface area contributed by atoms with Gasteiger partial charge < -0.3 is 0 Å². The quantitative estimate of drug-likeness (QED) is 0.525. The van der Waals surface area contributed by atoms with Crippen LogP contribution in [0.2, 0.25) is 0 Å². The monoisotopic (exact) mass is 268 g/mol. The smallest absolute Gasteiger partial charge is 0.0325 e. The van der Waals surface area contributed by atoms with Gasteiger partial charge in [0.15, 0.2) is 0 Å². The molecular weight excluding hydrogens is 256 g/mol. The minimum absolute atomic E-state index is 0.574. The first-order valence-corrected chi connectivity index (χ1v) is 5.71. The Hall–Kier alpha value is 0.700. The van der Waals surface area contributed by atoms with Gasteiger partial charge in [0.05, 0.1) is 0 Å². The summed E-state index contributed by atoms with van der Waals surface area (Å²) in [6, 6.07) is 0. The minimum Gasteiger partial charge on any atom is -0.0883 e. The Balaban J connectivity index is 3.24. The molecular formula is C8H14Br2. The molecule has 0 heterocycles. The fourth-order valence-corrected chi connectivity index (χ4v) is 1.45. The first kappa shape index (κ1) is 10.7. The maximum atomic E-state index is 3.57. The van der Waals surface area contributed by atoms with Crippen LogP contribution >= 0.6 is 31.9 Å². The predicted octanol–water partition coefficient (Wildman–Crippen LogP) is 3.89. The zero-order valence-corrected chi connectivity index (χ0v) is 9.49. The Morgan fingerprint density at radius 2 is 2.20 bits per heavy atom. The van der Waals surface area contributed by atoms with Crippen LogP contribution in [-0.2, 0) is 0 Å². The Bertz CT molecular complexity index is 89.3. The standard InChI is InChI=1S/C8H14Br2/c1-2-3-5-8(10)6-4-7-9/h4,6,8H,2-3,5,7H2,1H3/b6-4+. The molecule has 0 fully saturated rings. The summed E-state index contributed by atoms with van der Waals surface area (Å²) in [7, 11) is 0. The van der Waals surface area contributed by atoms with Gasteiger partial charge in [-0.05, 0) is 6.42 Å². The van der Waals surface area contributed by atoms with Crippen LogP contribution in [0.15, 0.2) is 12.2 Å². The lowest BCUT2D eigenvalue weighted by Gasteiger charge is -2.00. The molecule has 60 valence electrons. The molecule has 0 aromatic rings. The van der Waals surface area contributed by atoms with Crippen LogP contribution in [0.3, 0.4) is 0 Å². The summed E-state index contributed by atoms with van der Waals surface area (Å²) in [6.07, 6.45) is 8.17. The van der Waals surface area contributed by atoms with Crippen molar-refractivity contribution in [2.75, 3.05) is 5.33 Å². The van der Waals surface area contributed by atoms with Crippen molar-refractivity contribution in [1.82, 2.24) is 0 Å². The Kier molecular flexibility index (Phi) is 8.35. The van der Waals surface area contributed by atoms with Crippen molar-refractivity contribution in [1.29, 1.82) is 0 Å². The second kappa shape index (κ2) is 7.80. The van der Waals surface area contributed by atoms with E-state index in [-0.39, 0.29) is 0 Å². The highest BCUT2D eigenvalue weighted by Crippen LogP contribution is 2.10. The Morgan fingerprint density at radius 3 is 2.70 bits per heavy atom. The summed E-state index contributed by atoms with van der Waals surface area (Å²) >= 11 is 6.91. The van der Waals surface area contributed by atoms with Crippen LogP contribution in [-0.4, -0.2) is 10.2 Å². The number of halogens is 2. The van der Waals surface area contributed by atoms with E-state index in [1.54, 1.807) is 0 Å². The average Bonchev–Trinajstić information content (AvgIpc) is 1.97. The molecule has 0 bridgehead atoms. The first-order chi connectivity index (χ1) is 4.81. The molecule has 0 saturated heterocycles. The number of hydrogen-bond acceptors (Lipinski definition) is 0. The largest absolute Gasteiger partial charge is 0.0883 e. The molecule has 0 saturated carbocycles. The normalized spacial score (nSPS) is 14.3. The third-order valence-corrected chi connectivity index (χ3v) is 2.40. The molecule has 10 heavy (non-hydrogen) atoms. The van der Waals surface area contributed by atoms with Crippen LogP contribution in [0, 0.1) is 0 Å². The lowest BCUT2D eigenvalue weighted by molar-refractivity contribution is 0.743. The second-order valence-corrected chi connectivity index (χ2v) is 4.06. The van der Waals surface area contributed by atoms with Crippen LogP contribution in [0.5, 0.6) is 0 Å². The molecule has 0 rings (SSSR count). The molecule has 0 aliphatic heterocycles. The van der Waals surface area contributed by atoms with Gasteiger partial charge in [0, 0.05) is 10.2 Å². The van der Waals surface area contributed by atoms with Gasteiger partial charge in [-0.25, -0.2) is 0 Å². The van der Waals surface area contributed by atoms with E-state index in [0.29, 0.717) is 4.83 Å². The van der Waals surface area contributed by atoms with Crippen LogP contribution in [0.1, 0.15) is 26.2 Å². The summed E-state index contributed by atoms with van der Waals surface area (Å²) in [5, 5.41) is 0.960. The molecule has 0 aliphatic rings. The van der Waals surface area contributed by atoms with E-state index in [1.807, 2.05) is 0 Å². The van der Waals surface area contributed by atoms with E-state index in [9.17, 15) is 0 Å².